The maximum absolute atomic E-state index is 5.58. The SMILES string of the molecule is CN=C(NCC(c1ccccc1OC)N(C)C)NCC(c1cccs1)N1CCOCC1.I. The molecule has 3 rings (SSSR count). The van der Waals surface area contributed by atoms with Gasteiger partial charge in [0, 0.05) is 43.7 Å². The van der Waals surface area contributed by atoms with Gasteiger partial charge in [0.05, 0.1) is 32.4 Å². The predicted molar refractivity (Wildman–Crippen MR) is 144 cm³/mol. The molecule has 1 saturated heterocycles. The molecule has 0 spiro atoms. The van der Waals surface area contributed by atoms with E-state index in [1.54, 1.807) is 18.4 Å². The summed E-state index contributed by atoms with van der Waals surface area (Å²) in [6.45, 7) is 4.99. The zero-order chi connectivity index (χ0) is 22.1. The molecule has 2 unspecified atom stereocenters. The van der Waals surface area contributed by atoms with Gasteiger partial charge >= 0.3 is 0 Å². The lowest BCUT2D eigenvalue weighted by atomic mass is 10.0. The summed E-state index contributed by atoms with van der Waals surface area (Å²) in [4.78, 5) is 10.5. The second kappa shape index (κ2) is 14.0. The van der Waals surface area contributed by atoms with E-state index in [9.17, 15) is 0 Å². The van der Waals surface area contributed by atoms with Gasteiger partial charge in [-0.2, -0.15) is 0 Å². The third kappa shape index (κ3) is 7.31. The Kier molecular flexibility index (Phi) is 11.7. The molecule has 2 N–H and O–H groups in total. The largest absolute Gasteiger partial charge is 0.496 e. The Hall–Kier alpha value is -1.40. The van der Waals surface area contributed by atoms with Crippen LogP contribution in [0.25, 0.3) is 0 Å². The number of benzene rings is 1. The lowest BCUT2D eigenvalue weighted by Gasteiger charge is -2.34. The highest BCUT2D eigenvalue weighted by atomic mass is 127. The molecule has 0 amide bonds. The van der Waals surface area contributed by atoms with Gasteiger partial charge in [-0.05, 0) is 31.6 Å². The maximum atomic E-state index is 5.58. The summed E-state index contributed by atoms with van der Waals surface area (Å²) in [7, 11) is 7.70. The van der Waals surface area contributed by atoms with E-state index in [0.717, 1.165) is 50.1 Å². The molecule has 1 aliphatic heterocycles. The van der Waals surface area contributed by atoms with Crippen LogP contribution >= 0.6 is 35.3 Å². The van der Waals surface area contributed by atoms with Crippen molar-refractivity contribution in [3.8, 4) is 5.75 Å². The first-order valence-corrected chi connectivity index (χ1v) is 11.6. The lowest BCUT2D eigenvalue weighted by Crippen LogP contribution is -2.47. The molecule has 1 aromatic carbocycles. The van der Waals surface area contributed by atoms with E-state index in [2.05, 4.69) is 69.2 Å². The van der Waals surface area contributed by atoms with Crippen LogP contribution in [0.5, 0.6) is 5.75 Å². The number of rotatable bonds is 9. The smallest absolute Gasteiger partial charge is 0.191 e. The molecule has 0 radical (unpaired) electrons. The average molecular weight is 574 g/mol. The highest BCUT2D eigenvalue weighted by Crippen LogP contribution is 2.28. The van der Waals surface area contributed by atoms with Crippen molar-refractivity contribution in [3.05, 3.63) is 52.2 Å². The number of nitrogens with one attached hydrogen (secondary N) is 2. The van der Waals surface area contributed by atoms with Gasteiger partial charge in [0.15, 0.2) is 5.96 Å². The second-order valence-corrected chi connectivity index (χ2v) is 8.71. The van der Waals surface area contributed by atoms with E-state index in [1.807, 2.05) is 19.2 Å². The minimum absolute atomic E-state index is 0. The minimum Gasteiger partial charge on any atom is -0.496 e. The van der Waals surface area contributed by atoms with Crippen molar-refractivity contribution >= 4 is 41.3 Å². The molecule has 0 aliphatic carbocycles. The number of ether oxygens (including phenoxy) is 2. The normalized spacial score (nSPS) is 16.8. The van der Waals surface area contributed by atoms with Gasteiger partial charge in [-0.3, -0.25) is 9.89 Å². The van der Waals surface area contributed by atoms with Crippen LogP contribution in [0.4, 0.5) is 0 Å². The highest BCUT2D eigenvalue weighted by Gasteiger charge is 2.24. The molecular weight excluding hydrogens is 537 g/mol. The van der Waals surface area contributed by atoms with Crippen LogP contribution in [-0.4, -0.2) is 83.4 Å². The third-order valence-corrected chi connectivity index (χ3v) is 6.60. The first kappa shape index (κ1) is 26.8. The van der Waals surface area contributed by atoms with E-state index in [-0.39, 0.29) is 30.0 Å². The molecular formula is C23H36IN5O2S. The number of morpholine rings is 1. The van der Waals surface area contributed by atoms with Gasteiger partial charge in [-0.25, -0.2) is 0 Å². The third-order valence-electron chi connectivity index (χ3n) is 5.63. The molecule has 9 heteroatoms. The highest BCUT2D eigenvalue weighted by molar-refractivity contribution is 14.0. The standard InChI is InChI=1S/C23H35N5O2S.HI/c1-24-23(25-16-19(27(2)3)18-8-5-6-9-21(18)29-4)26-17-20(22-10-7-15-31-22)28-11-13-30-14-12-28;/h5-10,15,19-20H,11-14,16-17H2,1-4H3,(H2,24,25,26);1H. The Labute approximate surface area is 213 Å². The van der Waals surface area contributed by atoms with Crippen LogP contribution in [0.1, 0.15) is 22.5 Å². The van der Waals surface area contributed by atoms with E-state index in [1.165, 1.54) is 4.88 Å². The number of halogens is 1. The van der Waals surface area contributed by atoms with Gasteiger partial charge in [0.2, 0.25) is 0 Å². The molecule has 1 fully saturated rings. The van der Waals surface area contributed by atoms with E-state index < -0.39 is 0 Å². The molecule has 0 saturated carbocycles. The first-order chi connectivity index (χ1) is 15.1. The minimum atomic E-state index is 0. The number of methoxy groups -OCH3 is 1. The van der Waals surface area contributed by atoms with E-state index in [0.29, 0.717) is 12.6 Å². The van der Waals surface area contributed by atoms with Crippen molar-refractivity contribution < 1.29 is 9.47 Å². The number of hydrogen-bond acceptors (Lipinski definition) is 6. The fraction of sp³-hybridized carbons (Fsp3) is 0.522. The number of guanidine groups is 1. The lowest BCUT2D eigenvalue weighted by molar-refractivity contribution is 0.0177. The summed E-state index contributed by atoms with van der Waals surface area (Å²) in [5.41, 5.74) is 1.16. The van der Waals surface area contributed by atoms with Crippen molar-refractivity contribution in [3.63, 3.8) is 0 Å². The van der Waals surface area contributed by atoms with Crippen molar-refractivity contribution in [2.75, 3.05) is 67.6 Å². The van der Waals surface area contributed by atoms with Crippen LogP contribution in [0.2, 0.25) is 0 Å². The van der Waals surface area contributed by atoms with Crippen molar-refractivity contribution in [1.29, 1.82) is 0 Å². The number of para-hydroxylation sites is 1. The summed E-state index contributed by atoms with van der Waals surface area (Å²) in [5.74, 6) is 1.70. The Morgan fingerprint density at radius 3 is 2.50 bits per heavy atom. The molecule has 32 heavy (non-hydrogen) atoms. The molecule has 1 aliphatic rings. The van der Waals surface area contributed by atoms with Crippen LogP contribution in [-0.2, 0) is 4.74 Å². The molecule has 1 aromatic heterocycles. The van der Waals surface area contributed by atoms with Crippen LogP contribution in [0.3, 0.4) is 0 Å². The maximum Gasteiger partial charge on any atom is 0.191 e. The molecule has 7 nitrogen and oxygen atoms in total. The Morgan fingerprint density at radius 1 is 1.16 bits per heavy atom. The summed E-state index contributed by atoms with van der Waals surface area (Å²) in [6.07, 6.45) is 0. The Bertz CT molecular complexity index is 812. The topological polar surface area (TPSA) is 61.4 Å². The van der Waals surface area contributed by atoms with Gasteiger partial charge in [-0.1, -0.05) is 24.3 Å². The predicted octanol–water partition coefficient (Wildman–Crippen LogP) is 3.22. The quantitative estimate of drug-likeness (QED) is 0.273. The summed E-state index contributed by atoms with van der Waals surface area (Å²) in [5, 5.41) is 9.19. The monoisotopic (exact) mass is 573 g/mol. The fourth-order valence-corrected chi connectivity index (χ4v) is 4.76. The van der Waals surface area contributed by atoms with Gasteiger partial charge < -0.3 is 25.0 Å². The summed E-state index contributed by atoms with van der Waals surface area (Å²) >= 11 is 1.80. The first-order valence-electron chi connectivity index (χ1n) is 10.7. The van der Waals surface area contributed by atoms with E-state index in [4.69, 9.17) is 9.47 Å². The zero-order valence-electron chi connectivity index (χ0n) is 19.4. The van der Waals surface area contributed by atoms with Crippen LogP contribution < -0.4 is 15.4 Å². The number of aliphatic imine (C=N–C) groups is 1. The van der Waals surface area contributed by atoms with Crippen molar-refractivity contribution in [2.45, 2.75) is 12.1 Å². The molecule has 2 aromatic rings. The summed E-state index contributed by atoms with van der Waals surface area (Å²) < 4.78 is 11.1. The number of nitrogens with zero attached hydrogens (tertiary/aromatic N) is 3. The Morgan fingerprint density at radius 2 is 1.88 bits per heavy atom. The van der Waals surface area contributed by atoms with Gasteiger partial charge in [0.1, 0.15) is 5.75 Å². The van der Waals surface area contributed by atoms with Gasteiger partial charge in [-0.15, -0.1) is 35.3 Å². The molecule has 2 atom stereocenters. The number of hydrogen-bond donors (Lipinski definition) is 2. The Balaban J connectivity index is 0.00000363. The molecule has 178 valence electrons. The zero-order valence-corrected chi connectivity index (χ0v) is 22.6. The fourth-order valence-electron chi connectivity index (χ4n) is 3.90. The molecule has 0 bridgehead atoms. The van der Waals surface area contributed by atoms with E-state index >= 15 is 0 Å². The average Bonchev–Trinajstić information content (AvgIpc) is 3.33. The van der Waals surface area contributed by atoms with Crippen molar-refractivity contribution in [2.24, 2.45) is 4.99 Å². The van der Waals surface area contributed by atoms with Crippen LogP contribution in [0.15, 0.2) is 46.8 Å². The van der Waals surface area contributed by atoms with Gasteiger partial charge in [0.25, 0.3) is 0 Å². The second-order valence-electron chi connectivity index (χ2n) is 7.73. The number of thiophene rings is 1. The summed E-state index contributed by atoms with van der Waals surface area (Å²) in [6, 6.07) is 13.0. The van der Waals surface area contributed by atoms with Crippen molar-refractivity contribution in [1.82, 2.24) is 20.4 Å². The number of likely N-dealkylation sites (N-methyl/N-ethyl adjacent to an activating group) is 1. The van der Waals surface area contributed by atoms with Crippen LogP contribution in [0, 0.1) is 0 Å². The molecule has 2 heterocycles.